The van der Waals surface area contributed by atoms with E-state index in [-0.39, 0.29) is 11.3 Å². The Morgan fingerprint density at radius 1 is 1.42 bits per heavy atom. The van der Waals surface area contributed by atoms with Crippen LogP contribution in [0.2, 0.25) is 0 Å². The minimum Gasteiger partial charge on any atom is -0.481 e. The number of benzene rings is 1. The molecule has 1 fully saturated rings. The van der Waals surface area contributed by atoms with Gasteiger partial charge in [-0.2, -0.15) is 8.78 Å². The zero-order valence-electron chi connectivity index (χ0n) is 10.4. The van der Waals surface area contributed by atoms with E-state index < -0.39 is 29.2 Å². The van der Waals surface area contributed by atoms with E-state index in [2.05, 4.69) is 4.74 Å². The Labute approximate surface area is 108 Å². The lowest BCUT2D eigenvalue weighted by atomic mass is 9.87. The molecule has 1 atom stereocenters. The fraction of sp³-hybridized carbons (Fsp3) is 0.462. The van der Waals surface area contributed by atoms with Crippen molar-refractivity contribution in [1.29, 1.82) is 0 Å². The first-order valence-electron chi connectivity index (χ1n) is 5.69. The molecule has 2 rings (SSSR count). The molecule has 1 aliphatic rings. The third kappa shape index (κ3) is 2.05. The van der Waals surface area contributed by atoms with Crippen LogP contribution in [0.1, 0.15) is 25.8 Å². The maximum Gasteiger partial charge on any atom is 0.387 e. The highest BCUT2D eigenvalue weighted by Gasteiger charge is 2.68. The van der Waals surface area contributed by atoms with E-state index >= 15 is 0 Å². The van der Waals surface area contributed by atoms with E-state index in [0.29, 0.717) is 6.42 Å². The fourth-order valence-electron chi connectivity index (χ4n) is 2.58. The van der Waals surface area contributed by atoms with Crippen molar-refractivity contribution in [3.63, 3.8) is 0 Å². The number of aliphatic carboxylic acids is 1. The van der Waals surface area contributed by atoms with Crippen molar-refractivity contribution in [3.8, 4) is 5.75 Å². The number of carbonyl (C=O) groups is 1. The van der Waals surface area contributed by atoms with Crippen molar-refractivity contribution in [1.82, 2.24) is 0 Å². The summed E-state index contributed by atoms with van der Waals surface area (Å²) in [7, 11) is 0. The van der Waals surface area contributed by atoms with Gasteiger partial charge in [-0.1, -0.05) is 19.9 Å². The van der Waals surface area contributed by atoms with Gasteiger partial charge in [0.1, 0.15) is 17.0 Å². The topological polar surface area (TPSA) is 46.5 Å². The van der Waals surface area contributed by atoms with Crippen LogP contribution in [0.25, 0.3) is 0 Å². The summed E-state index contributed by atoms with van der Waals surface area (Å²) in [6, 6.07) is 3.15. The Morgan fingerprint density at radius 2 is 2.00 bits per heavy atom. The number of hydrogen-bond donors (Lipinski definition) is 1. The molecule has 1 saturated carbocycles. The van der Waals surface area contributed by atoms with Gasteiger partial charge in [-0.15, -0.1) is 0 Å². The zero-order chi connectivity index (χ0) is 14.4. The zero-order valence-corrected chi connectivity index (χ0v) is 10.4. The number of halogens is 3. The van der Waals surface area contributed by atoms with Crippen molar-refractivity contribution in [2.24, 2.45) is 5.41 Å². The molecule has 0 aromatic heterocycles. The molecule has 0 heterocycles. The van der Waals surface area contributed by atoms with Crippen LogP contribution in [0.5, 0.6) is 5.75 Å². The van der Waals surface area contributed by atoms with Crippen molar-refractivity contribution < 1.29 is 27.8 Å². The molecule has 6 heteroatoms. The molecule has 104 valence electrons. The lowest BCUT2D eigenvalue weighted by Gasteiger charge is -2.17. The SMILES string of the molecule is CC1(C)CC1(C(=O)O)c1ccc(OC(F)F)cc1F. The summed E-state index contributed by atoms with van der Waals surface area (Å²) >= 11 is 0. The lowest BCUT2D eigenvalue weighted by Crippen LogP contribution is -2.26. The van der Waals surface area contributed by atoms with Crippen LogP contribution in [0.4, 0.5) is 13.2 Å². The quantitative estimate of drug-likeness (QED) is 0.917. The predicted molar refractivity (Wildman–Crippen MR) is 60.7 cm³/mol. The van der Waals surface area contributed by atoms with E-state index in [1.54, 1.807) is 13.8 Å². The van der Waals surface area contributed by atoms with Gasteiger partial charge < -0.3 is 9.84 Å². The molecule has 1 unspecified atom stereocenters. The summed E-state index contributed by atoms with van der Waals surface area (Å²) in [5, 5.41) is 9.31. The number of alkyl halides is 2. The van der Waals surface area contributed by atoms with Crippen LogP contribution in [-0.2, 0) is 10.2 Å². The molecule has 0 saturated heterocycles. The number of carboxylic acids is 1. The van der Waals surface area contributed by atoms with E-state index in [1.807, 2.05) is 0 Å². The number of carboxylic acid groups (broad SMARTS) is 1. The standard InChI is InChI=1S/C13H13F3O3/c1-12(2)6-13(12,10(17)18)8-4-3-7(5-9(8)14)19-11(15)16/h3-5,11H,6H2,1-2H3,(H,17,18). The van der Waals surface area contributed by atoms with Gasteiger partial charge in [0.25, 0.3) is 0 Å². The molecule has 19 heavy (non-hydrogen) atoms. The molecule has 1 N–H and O–H groups in total. The van der Waals surface area contributed by atoms with Gasteiger partial charge in [0, 0.05) is 11.6 Å². The number of hydrogen-bond acceptors (Lipinski definition) is 2. The van der Waals surface area contributed by atoms with Crippen LogP contribution in [-0.4, -0.2) is 17.7 Å². The molecule has 0 amide bonds. The molecule has 1 aliphatic carbocycles. The predicted octanol–water partition coefficient (Wildman–Crippen LogP) is 3.18. The van der Waals surface area contributed by atoms with E-state index in [0.717, 1.165) is 12.1 Å². The van der Waals surface area contributed by atoms with E-state index in [9.17, 15) is 23.1 Å². The minimum atomic E-state index is -3.05. The van der Waals surface area contributed by atoms with Crippen LogP contribution in [0.3, 0.4) is 0 Å². The van der Waals surface area contributed by atoms with Crippen LogP contribution >= 0.6 is 0 Å². The van der Waals surface area contributed by atoms with Gasteiger partial charge >= 0.3 is 12.6 Å². The summed E-state index contributed by atoms with van der Waals surface area (Å²) in [4.78, 5) is 11.4. The van der Waals surface area contributed by atoms with Crippen molar-refractivity contribution in [2.75, 3.05) is 0 Å². The smallest absolute Gasteiger partial charge is 0.387 e. The van der Waals surface area contributed by atoms with Crippen molar-refractivity contribution in [2.45, 2.75) is 32.3 Å². The third-order valence-corrected chi connectivity index (χ3v) is 3.73. The van der Waals surface area contributed by atoms with Gasteiger partial charge in [-0.05, 0) is 17.9 Å². The first-order valence-corrected chi connectivity index (χ1v) is 5.69. The molecule has 1 aromatic rings. The maximum atomic E-state index is 14.0. The molecule has 3 nitrogen and oxygen atoms in total. The Hall–Kier alpha value is -1.72. The van der Waals surface area contributed by atoms with Gasteiger partial charge in [-0.25, -0.2) is 4.39 Å². The highest BCUT2D eigenvalue weighted by Crippen LogP contribution is 2.64. The minimum absolute atomic E-state index is 0.00613. The number of rotatable bonds is 4. The summed E-state index contributed by atoms with van der Waals surface area (Å²) in [6.45, 7) is 0.407. The van der Waals surface area contributed by atoms with E-state index in [1.165, 1.54) is 6.07 Å². The summed E-state index contributed by atoms with van der Waals surface area (Å²) in [5.74, 6) is -2.28. The molecule has 0 radical (unpaired) electrons. The van der Waals surface area contributed by atoms with Crippen LogP contribution < -0.4 is 4.74 Å². The first-order chi connectivity index (χ1) is 8.70. The second kappa shape index (κ2) is 4.15. The molecular weight excluding hydrogens is 261 g/mol. The lowest BCUT2D eigenvalue weighted by molar-refractivity contribution is -0.141. The average Bonchev–Trinajstić information content (AvgIpc) is 2.82. The average molecular weight is 274 g/mol. The summed E-state index contributed by atoms with van der Waals surface area (Å²) < 4.78 is 42.0. The Kier molecular flexibility index (Phi) is 2.99. The Bertz CT molecular complexity index is 528. The van der Waals surface area contributed by atoms with Crippen LogP contribution in [0.15, 0.2) is 18.2 Å². The normalized spacial score (nSPS) is 24.3. The monoisotopic (exact) mass is 274 g/mol. The summed E-state index contributed by atoms with van der Waals surface area (Å²) in [6.07, 6.45) is 0.307. The Balaban J connectivity index is 2.39. The highest BCUT2D eigenvalue weighted by atomic mass is 19.3. The highest BCUT2D eigenvalue weighted by molar-refractivity contribution is 5.87. The molecular formula is C13H13F3O3. The molecule has 0 bridgehead atoms. The van der Waals surface area contributed by atoms with Crippen molar-refractivity contribution >= 4 is 5.97 Å². The van der Waals surface area contributed by atoms with Crippen LogP contribution in [0, 0.1) is 11.2 Å². The number of ether oxygens (including phenoxy) is 1. The Morgan fingerprint density at radius 3 is 2.37 bits per heavy atom. The summed E-state index contributed by atoms with van der Waals surface area (Å²) in [5.41, 5.74) is -1.85. The second-order valence-electron chi connectivity index (χ2n) is 5.29. The largest absolute Gasteiger partial charge is 0.481 e. The maximum absolute atomic E-state index is 14.0. The van der Waals surface area contributed by atoms with Gasteiger partial charge in [-0.3, -0.25) is 4.79 Å². The van der Waals surface area contributed by atoms with Gasteiger partial charge in [0.15, 0.2) is 0 Å². The fourth-order valence-corrected chi connectivity index (χ4v) is 2.58. The molecule has 0 aliphatic heterocycles. The van der Waals surface area contributed by atoms with Gasteiger partial charge in [0.05, 0.1) is 0 Å². The second-order valence-corrected chi connectivity index (χ2v) is 5.29. The third-order valence-electron chi connectivity index (χ3n) is 3.73. The van der Waals surface area contributed by atoms with Crippen molar-refractivity contribution in [3.05, 3.63) is 29.6 Å². The molecule has 1 aromatic carbocycles. The molecule has 0 spiro atoms. The van der Waals surface area contributed by atoms with E-state index in [4.69, 9.17) is 0 Å². The first kappa shape index (κ1) is 13.7. The van der Waals surface area contributed by atoms with Gasteiger partial charge in [0.2, 0.25) is 0 Å².